The molecule has 74 valence electrons. The maximum Gasteiger partial charge on any atom is 0.138 e. The largest absolute Gasteiger partial charge is 0.138 e. The minimum Gasteiger partial charge on any atom is -0.126 e. The summed E-state index contributed by atoms with van der Waals surface area (Å²) in [7, 11) is -1.39. The van der Waals surface area contributed by atoms with Crippen molar-refractivity contribution in [3.8, 4) is 11.5 Å². The van der Waals surface area contributed by atoms with Crippen LogP contribution in [0.15, 0.2) is 9.66 Å². The van der Waals surface area contributed by atoms with Gasteiger partial charge in [-0.2, -0.15) is 0 Å². The Morgan fingerprint density at radius 1 is 1.31 bits per heavy atom. The van der Waals surface area contributed by atoms with Gasteiger partial charge in [0, 0.05) is 5.57 Å². The lowest BCUT2D eigenvalue weighted by molar-refractivity contribution is 0.731. The van der Waals surface area contributed by atoms with E-state index in [-0.39, 0.29) is 0 Å². The third kappa shape index (κ3) is 4.32. The number of halogens is 1. The maximum atomic E-state index is 3.47. The molecule has 0 spiro atoms. The highest BCUT2D eigenvalue weighted by molar-refractivity contribution is 14.1. The van der Waals surface area contributed by atoms with Gasteiger partial charge < -0.3 is 0 Å². The monoisotopic (exact) mass is 306 g/mol. The quantitative estimate of drug-likeness (QED) is 0.354. The van der Waals surface area contributed by atoms with Crippen LogP contribution < -0.4 is 0 Å². The van der Waals surface area contributed by atoms with E-state index in [2.05, 4.69) is 74.8 Å². The van der Waals surface area contributed by atoms with Crippen LogP contribution in [0.5, 0.6) is 0 Å². The average Bonchev–Trinajstić information content (AvgIpc) is 1.98. The summed E-state index contributed by atoms with van der Waals surface area (Å²) in [6.45, 7) is 13.6. The van der Waals surface area contributed by atoms with E-state index in [1.54, 1.807) is 0 Å². The Kier molecular flexibility index (Phi) is 4.74. The van der Waals surface area contributed by atoms with Crippen molar-refractivity contribution < 1.29 is 0 Å². The summed E-state index contributed by atoms with van der Waals surface area (Å²) in [4.78, 5) is 0. The first-order valence-corrected chi connectivity index (χ1v) is 8.75. The summed E-state index contributed by atoms with van der Waals surface area (Å²) in [6.07, 6.45) is 0. The van der Waals surface area contributed by atoms with Crippen molar-refractivity contribution in [3.63, 3.8) is 0 Å². The molecule has 0 aliphatic carbocycles. The molecule has 0 saturated carbocycles. The van der Waals surface area contributed by atoms with Crippen molar-refractivity contribution >= 4 is 30.7 Å². The van der Waals surface area contributed by atoms with Gasteiger partial charge in [0.2, 0.25) is 0 Å². The predicted molar refractivity (Wildman–Crippen MR) is 72.8 cm³/mol. The van der Waals surface area contributed by atoms with Crippen molar-refractivity contribution in [2.45, 2.75) is 45.8 Å². The fraction of sp³-hybridized carbons (Fsp3) is 0.636. The first-order chi connectivity index (χ1) is 5.70. The fourth-order valence-corrected chi connectivity index (χ4v) is 1.51. The first kappa shape index (κ1) is 13.2. The Balaban J connectivity index is 4.77. The zero-order valence-corrected chi connectivity index (χ0v) is 12.6. The van der Waals surface area contributed by atoms with E-state index in [0.717, 1.165) is 0 Å². The zero-order valence-electron chi connectivity index (χ0n) is 9.46. The molecule has 0 heterocycles. The van der Waals surface area contributed by atoms with Crippen LogP contribution >= 0.6 is 22.6 Å². The Morgan fingerprint density at radius 2 is 1.77 bits per heavy atom. The smallest absolute Gasteiger partial charge is 0.126 e. The van der Waals surface area contributed by atoms with Crippen molar-refractivity contribution in [1.82, 2.24) is 0 Å². The molecule has 13 heavy (non-hydrogen) atoms. The molecule has 0 bridgehead atoms. The van der Waals surface area contributed by atoms with Crippen LogP contribution in [0, 0.1) is 11.5 Å². The van der Waals surface area contributed by atoms with Crippen LogP contribution in [0.2, 0.25) is 18.1 Å². The van der Waals surface area contributed by atoms with Crippen LogP contribution in [0.3, 0.4) is 0 Å². The molecule has 0 fully saturated rings. The van der Waals surface area contributed by atoms with Crippen LogP contribution in [-0.2, 0) is 0 Å². The summed E-state index contributed by atoms with van der Waals surface area (Å²) >= 11 is 2.24. The minimum absolute atomic E-state index is 0.367. The number of hydrogen-bond donors (Lipinski definition) is 0. The summed E-state index contributed by atoms with van der Waals surface area (Å²) in [5, 5.41) is 0.367. The summed E-state index contributed by atoms with van der Waals surface area (Å²) in [5.41, 5.74) is 4.64. The van der Waals surface area contributed by atoms with Crippen molar-refractivity contribution in [2.75, 3.05) is 0 Å². The van der Waals surface area contributed by atoms with Gasteiger partial charge in [0.15, 0.2) is 0 Å². The Bertz CT molecular complexity index is 258. The highest BCUT2D eigenvalue weighted by atomic mass is 127. The van der Waals surface area contributed by atoms with Gasteiger partial charge in [0.1, 0.15) is 8.07 Å². The van der Waals surface area contributed by atoms with Gasteiger partial charge in [-0.25, -0.2) is 0 Å². The van der Waals surface area contributed by atoms with E-state index >= 15 is 0 Å². The molecule has 0 aromatic rings. The molecule has 2 heteroatoms. The Hall–Kier alpha value is 0.247. The van der Waals surface area contributed by atoms with Gasteiger partial charge >= 0.3 is 0 Å². The summed E-state index contributed by atoms with van der Waals surface area (Å²) in [6, 6.07) is 0. The molecule has 0 aromatic carbocycles. The topological polar surface area (TPSA) is 0 Å². The van der Waals surface area contributed by atoms with Crippen molar-refractivity contribution in [3.05, 3.63) is 9.66 Å². The summed E-state index contributed by atoms with van der Waals surface area (Å²) in [5.74, 6) is 3.24. The van der Waals surface area contributed by atoms with Crippen LogP contribution in [0.1, 0.15) is 27.7 Å². The Labute approximate surface area is 97.3 Å². The van der Waals surface area contributed by atoms with E-state index < -0.39 is 8.07 Å². The lowest BCUT2D eigenvalue weighted by atomic mass is 10.2. The number of rotatable bonds is 0. The number of allylic oxidation sites excluding steroid dienone is 1. The predicted octanol–water partition coefficient (Wildman–Crippen LogP) is 4.38. The molecular weight excluding hydrogens is 287 g/mol. The van der Waals surface area contributed by atoms with Gasteiger partial charge in [-0.15, -0.1) is 5.54 Å². The fourth-order valence-electron chi connectivity index (χ4n) is 0.470. The molecule has 0 aromatic heterocycles. The van der Waals surface area contributed by atoms with E-state index in [1.807, 2.05) is 4.08 Å². The minimum atomic E-state index is -1.39. The van der Waals surface area contributed by atoms with Gasteiger partial charge in [0.25, 0.3) is 0 Å². The molecule has 0 rings (SSSR count). The maximum absolute atomic E-state index is 3.47. The van der Waals surface area contributed by atoms with E-state index in [0.29, 0.717) is 5.04 Å². The van der Waals surface area contributed by atoms with Crippen LogP contribution in [0.4, 0.5) is 0 Å². The molecule has 0 atom stereocenters. The second-order valence-electron chi connectivity index (χ2n) is 4.92. The number of hydrogen-bond acceptors (Lipinski definition) is 0. The lowest BCUT2D eigenvalue weighted by Gasteiger charge is -2.31. The van der Waals surface area contributed by atoms with Gasteiger partial charge in [0.05, 0.1) is 0 Å². The van der Waals surface area contributed by atoms with E-state index in [9.17, 15) is 0 Å². The standard InChI is InChI=1S/C11H19ISi/c1-10(9-12)7-8-13(5,6)11(2,3)4/h9H,1-6H3/b10-9-. The molecule has 0 amide bonds. The summed E-state index contributed by atoms with van der Waals surface area (Å²) < 4.78 is 2.04. The zero-order chi connectivity index (χ0) is 10.7. The molecule has 0 N–H and O–H groups in total. The molecule has 0 aliphatic rings. The lowest BCUT2D eigenvalue weighted by Crippen LogP contribution is -2.35. The highest BCUT2D eigenvalue weighted by Gasteiger charge is 2.33. The third-order valence-corrected chi connectivity index (χ3v) is 8.05. The van der Waals surface area contributed by atoms with Crippen LogP contribution in [0.25, 0.3) is 0 Å². The van der Waals surface area contributed by atoms with E-state index in [4.69, 9.17) is 0 Å². The van der Waals surface area contributed by atoms with Gasteiger partial charge in [-0.3, -0.25) is 0 Å². The van der Waals surface area contributed by atoms with E-state index in [1.165, 1.54) is 5.57 Å². The highest BCUT2D eigenvalue weighted by Crippen LogP contribution is 2.35. The molecule has 0 radical (unpaired) electrons. The SMILES string of the molecule is C/C(C#C[Si](C)(C)C(C)(C)C)=C/I. The molecule has 0 unspecified atom stereocenters. The van der Waals surface area contributed by atoms with Gasteiger partial charge in [-0.05, 0) is 16.0 Å². The Morgan fingerprint density at radius 3 is 2.08 bits per heavy atom. The second kappa shape index (κ2) is 4.65. The van der Waals surface area contributed by atoms with Crippen LogP contribution in [-0.4, -0.2) is 8.07 Å². The normalized spacial score (nSPS) is 13.6. The van der Waals surface area contributed by atoms with Crippen molar-refractivity contribution in [2.24, 2.45) is 0 Å². The molecular formula is C11H19ISi. The second-order valence-corrected chi connectivity index (χ2v) is 10.5. The van der Waals surface area contributed by atoms with Crippen molar-refractivity contribution in [1.29, 1.82) is 0 Å². The molecule has 0 saturated heterocycles. The average molecular weight is 306 g/mol. The molecule has 0 nitrogen and oxygen atoms in total. The third-order valence-electron chi connectivity index (χ3n) is 2.61. The molecule has 0 aliphatic heterocycles. The first-order valence-electron chi connectivity index (χ1n) is 4.51. The van der Waals surface area contributed by atoms with Gasteiger partial charge in [-0.1, -0.05) is 62.4 Å².